The zero-order chi connectivity index (χ0) is 17.5. The minimum atomic E-state index is -0.260. The molecule has 0 unspecified atom stereocenters. The minimum absolute atomic E-state index is 0.0131. The Morgan fingerprint density at radius 2 is 1.92 bits per heavy atom. The highest BCUT2D eigenvalue weighted by Gasteiger charge is 2.22. The number of nitrogens with zero attached hydrogens (tertiary/aromatic N) is 3. The van der Waals surface area contributed by atoms with Gasteiger partial charge in [-0.1, -0.05) is 0 Å². The fraction of sp³-hybridized carbons (Fsp3) is 0.571. The molecule has 1 aliphatic rings. The van der Waals surface area contributed by atoms with Gasteiger partial charge in [0.05, 0.1) is 18.7 Å². The highest BCUT2D eigenvalue weighted by atomic mass is 32.1. The number of anilines is 1. The fourth-order valence-corrected chi connectivity index (χ4v) is 2.96. The van der Waals surface area contributed by atoms with Crippen LogP contribution in [0.25, 0.3) is 0 Å². The minimum Gasteiger partial charge on any atom is -0.395 e. The lowest BCUT2D eigenvalue weighted by Gasteiger charge is -2.33. The molecule has 1 saturated heterocycles. The molecule has 2 rings (SSSR count). The normalized spacial score (nSPS) is 14.4. The first-order valence-corrected chi connectivity index (χ1v) is 8.51. The molecule has 4 amide bonds. The molecule has 24 heavy (non-hydrogen) atoms. The van der Waals surface area contributed by atoms with E-state index in [2.05, 4.69) is 15.6 Å². The number of rotatable bonds is 5. The Labute approximate surface area is 143 Å². The number of hydrogen-bond donors (Lipinski definition) is 3. The SMILES string of the molecule is CC(=O)N1CCN(C(=O)Nc2nc(CC(=O)NCCO)cs2)CC1. The average Bonchev–Trinajstić information content (AvgIpc) is 2.99. The van der Waals surface area contributed by atoms with Gasteiger partial charge < -0.3 is 20.2 Å². The lowest BCUT2D eigenvalue weighted by Crippen LogP contribution is -2.51. The van der Waals surface area contributed by atoms with Crippen molar-refractivity contribution in [1.82, 2.24) is 20.1 Å². The summed E-state index contributed by atoms with van der Waals surface area (Å²) in [5, 5.41) is 16.0. The van der Waals surface area contributed by atoms with Crippen molar-refractivity contribution in [2.45, 2.75) is 13.3 Å². The zero-order valence-corrected chi connectivity index (χ0v) is 14.3. The van der Waals surface area contributed by atoms with Crippen LogP contribution in [0.1, 0.15) is 12.6 Å². The standard InChI is InChI=1S/C14H21N5O4S/c1-10(21)18-3-5-19(6-4-18)14(23)17-13-16-11(9-24-13)8-12(22)15-2-7-20/h9,20H,2-8H2,1H3,(H,15,22)(H,16,17,23). The maximum atomic E-state index is 12.2. The van der Waals surface area contributed by atoms with Gasteiger partial charge in [-0.05, 0) is 0 Å². The Balaban J connectivity index is 1.80. The molecule has 0 aliphatic carbocycles. The van der Waals surface area contributed by atoms with Crippen molar-refractivity contribution in [2.75, 3.05) is 44.6 Å². The molecular weight excluding hydrogens is 334 g/mol. The third kappa shape index (κ3) is 5.17. The first-order chi connectivity index (χ1) is 11.5. The van der Waals surface area contributed by atoms with Crippen LogP contribution in [0.2, 0.25) is 0 Å². The second kappa shape index (κ2) is 8.60. The third-order valence-electron chi connectivity index (χ3n) is 3.55. The highest BCUT2D eigenvalue weighted by Crippen LogP contribution is 2.17. The van der Waals surface area contributed by atoms with Crippen LogP contribution in [0, 0.1) is 0 Å². The Morgan fingerprint density at radius 3 is 2.54 bits per heavy atom. The summed E-state index contributed by atoms with van der Waals surface area (Å²) in [7, 11) is 0. The topological polar surface area (TPSA) is 115 Å². The third-order valence-corrected chi connectivity index (χ3v) is 4.36. The number of carbonyl (C=O) groups excluding carboxylic acids is 3. The number of carbonyl (C=O) groups is 3. The molecule has 0 radical (unpaired) electrons. The Hall–Kier alpha value is -2.20. The summed E-state index contributed by atoms with van der Waals surface area (Å²) in [4.78, 5) is 42.6. The van der Waals surface area contributed by atoms with E-state index in [4.69, 9.17) is 5.11 Å². The number of aliphatic hydroxyl groups excluding tert-OH is 1. The second-order valence-electron chi connectivity index (χ2n) is 5.32. The van der Waals surface area contributed by atoms with E-state index in [0.717, 1.165) is 0 Å². The number of aliphatic hydroxyl groups is 1. The van der Waals surface area contributed by atoms with Crippen LogP contribution < -0.4 is 10.6 Å². The number of hydrogen-bond acceptors (Lipinski definition) is 6. The van der Waals surface area contributed by atoms with Crippen molar-refractivity contribution < 1.29 is 19.5 Å². The van der Waals surface area contributed by atoms with Crippen LogP contribution in [-0.4, -0.2) is 77.1 Å². The average molecular weight is 355 g/mol. The van der Waals surface area contributed by atoms with Crippen molar-refractivity contribution >= 4 is 34.3 Å². The van der Waals surface area contributed by atoms with Crippen molar-refractivity contribution in [2.24, 2.45) is 0 Å². The maximum Gasteiger partial charge on any atom is 0.323 e. The number of piperazine rings is 1. The molecule has 1 fully saturated rings. The first-order valence-electron chi connectivity index (χ1n) is 7.63. The number of thiazole rings is 1. The molecule has 1 aromatic heterocycles. The van der Waals surface area contributed by atoms with E-state index in [1.807, 2.05) is 0 Å². The lowest BCUT2D eigenvalue weighted by molar-refractivity contribution is -0.130. The number of nitrogens with one attached hydrogen (secondary N) is 2. The smallest absolute Gasteiger partial charge is 0.323 e. The summed E-state index contributed by atoms with van der Waals surface area (Å²) in [5.41, 5.74) is 0.562. The predicted octanol–water partition coefficient (Wildman–Crippen LogP) is -0.510. The molecule has 0 bridgehead atoms. The molecule has 0 atom stereocenters. The number of urea groups is 1. The van der Waals surface area contributed by atoms with Crippen molar-refractivity contribution in [3.8, 4) is 0 Å². The molecular formula is C14H21N5O4S. The lowest BCUT2D eigenvalue weighted by atomic mass is 10.3. The summed E-state index contributed by atoms with van der Waals surface area (Å²) in [6.07, 6.45) is 0.101. The summed E-state index contributed by atoms with van der Waals surface area (Å²) in [6.45, 7) is 3.62. The molecule has 0 spiro atoms. The quantitative estimate of drug-likeness (QED) is 0.658. The summed E-state index contributed by atoms with van der Waals surface area (Å²) in [6, 6.07) is -0.260. The van der Waals surface area contributed by atoms with E-state index in [1.165, 1.54) is 18.3 Å². The van der Waals surface area contributed by atoms with Gasteiger partial charge in [-0.15, -0.1) is 11.3 Å². The number of aromatic nitrogens is 1. The largest absolute Gasteiger partial charge is 0.395 e. The summed E-state index contributed by atoms with van der Waals surface area (Å²) >= 11 is 1.25. The van der Waals surface area contributed by atoms with E-state index in [0.29, 0.717) is 37.0 Å². The van der Waals surface area contributed by atoms with Crippen LogP contribution in [0.3, 0.4) is 0 Å². The van der Waals surface area contributed by atoms with Gasteiger partial charge in [-0.3, -0.25) is 14.9 Å². The fourth-order valence-electron chi connectivity index (χ4n) is 2.26. The van der Waals surface area contributed by atoms with Gasteiger partial charge in [-0.25, -0.2) is 9.78 Å². The second-order valence-corrected chi connectivity index (χ2v) is 6.18. The van der Waals surface area contributed by atoms with Crippen molar-refractivity contribution in [3.05, 3.63) is 11.1 Å². The molecule has 9 nitrogen and oxygen atoms in total. The van der Waals surface area contributed by atoms with Gasteiger partial charge in [0.1, 0.15) is 0 Å². The zero-order valence-electron chi connectivity index (χ0n) is 13.4. The van der Waals surface area contributed by atoms with Crippen LogP contribution in [-0.2, 0) is 16.0 Å². The summed E-state index contributed by atoms with van der Waals surface area (Å²) in [5.74, 6) is -0.216. The van der Waals surface area contributed by atoms with Crippen molar-refractivity contribution in [1.29, 1.82) is 0 Å². The van der Waals surface area contributed by atoms with Gasteiger partial charge >= 0.3 is 6.03 Å². The van der Waals surface area contributed by atoms with Crippen LogP contribution in [0.15, 0.2) is 5.38 Å². The number of amides is 4. The molecule has 132 valence electrons. The van der Waals surface area contributed by atoms with Crippen LogP contribution in [0.5, 0.6) is 0 Å². The van der Waals surface area contributed by atoms with Gasteiger partial charge in [-0.2, -0.15) is 0 Å². The van der Waals surface area contributed by atoms with E-state index in [1.54, 1.807) is 15.2 Å². The molecule has 1 aliphatic heterocycles. The summed E-state index contributed by atoms with van der Waals surface area (Å²) < 4.78 is 0. The van der Waals surface area contributed by atoms with Gasteiger partial charge in [0.25, 0.3) is 0 Å². The Morgan fingerprint density at radius 1 is 1.25 bits per heavy atom. The molecule has 10 heteroatoms. The molecule has 0 saturated carbocycles. The molecule has 2 heterocycles. The first kappa shape index (κ1) is 18.1. The van der Waals surface area contributed by atoms with E-state index < -0.39 is 0 Å². The van der Waals surface area contributed by atoms with Crippen LogP contribution in [0.4, 0.5) is 9.93 Å². The van der Waals surface area contributed by atoms with Crippen molar-refractivity contribution in [3.63, 3.8) is 0 Å². The van der Waals surface area contributed by atoms with E-state index in [9.17, 15) is 14.4 Å². The molecule has 3 N–H and O–H groups in total. The van der Waals surface area contributed by atoms with Crippen LogP contribution >= 0.6 is 11.3 Å². The van der Waals surface area contributed by atoms with Gasteiger partial charge in [0, 0.05) is 45.0 Å². The highest BCUT2D eigenvalue weighted by molar-refractivity contribution is 7.13. The maximum absolute atomic E-state index is 12.2. The van der Waals surface area contributed by atoms with Gasteiger partial charge in [0.15, 0.2) is 5.13 Å². The van der Waals surface area contributed by atoms with Gasteiger partial charge in [0.2, 0.25) is 11.8 Å². The monoisotopic (exact) mass is 355 g/mol. The molecule has 1 aromatic rings. The predicted molar refractivity (Wildman–Crippen MR) is 88.8 cm³/mol. The van der Waals surface area contributed by atoms with E-state index in [-0.39, 0.29) is 37.4 Å². The molecule has 0 aromatic carbocycles. The van der Waals surface area contributed by atoms with E-state index >= 15 is 0 Å². The Kier molecular flexibility index (Phi) is 6.50. The Bertz CT molecular complexity index is 598.